The van der Waals surface area contributed by atoms with Crippen LogP contribution >= 0.6 is 0 Å². The molecule has 0 aliphatic carbocycles. The molecular formula is C21H20N2O4. The van der Waals surface area contributed by atoms with E-state index in [-0.39, 0.29) is 11.4 Å². The quantitative estimate of drug-likeness (QED) is 0.813. The summed E-state index contributed by atoms with van der Waals surface area (Å²) >= 11 is 0. The van der Waals surface area contributed by atoms with Crippen molar-refractivity contribution in [2.45, 2.75) is 32.2 Å². The number of carbonyl (C=O) groups excluding carboxylic acids is 1. The molecule has 2 aliphatic rings. The summed E-state index contributed by atoms with van der Waals surface area (Å²) in [5.74, 6) is -2.04. The molecule has 0 fully saturated rings. The van der Waals surface area contributed by atoms with E-state index < -0.39 is 23.7 Å². The van der Waals surface area contributed by atoms with Crippen LogP contribution in [0.1, 0.15) is 36.6 Å². The standard InChI is InChI=1S/C21H20N2O4/c1-21(2)26-19(24)16(20(25)27-21)17-14-10-6-7-11-15(14)18(22)23(17)12-13-8-4-3-5-9-13/h3-11,17,22,24H,12H2,1-2H3. The lowest BCUT2D eigenvalue weighted by atomic mass is 9.97. The normalized spacial score (nSPS) is 21.0. The van der Waals surface area contributed by atoms with Gasteiger partial charge in [0.15, 0.2) is 0 Å². The Morgan fingerprint density at radius 1 is 1.07 bits per heavy atom. The number of nitrogens with one attached hydrogen (secondary N) is 1. The van der Waals surface area contributed by atoms with Crippen LogP contribution in [-0.2, 0) is 20.8 Å². The molecule has 2 aliphatic heterocycles. The average Bonchev–Trinajstić information content (AvgIpc) is 2.88. The molecule has 6 nitrogen and oxygen atoms in total. The summed E-state index contributed by atoms with van der Waals surface area (Å²) in [4.78, 5) is 14.5. The van der Waals surface area contributed by atoms with E-state index in [9.17, 15) is 9.90 Å². The van der Waals surface area contributed by atoms with E-state index >= 15 is 0 Å². The summed E-state index contributed by atoms with van der Waals surface area (Å²) < 4.78 is 10.8. The van der Waals surface area contributed by atoms with Gasteiger partial charge in [-0.25, -0.2) is 4.79 Å². The largest absolute Gasteiger partial charge is 0.480 e. The Balaban J connectivity index is 1.82. The Bertz CT molecular complexity index is 950. The van der Waals surface area contributed by atoms with Crippen LogP contribution in [0.25, 0.3) is 0 Å². The summed E-state index contributed by atoms with van der Waals surface area (Å²) in [7, 11) is 0. The zero-order valence-corrected chi connectivity index (χ0v) is 15.1. The number of amidine groups is 1. The number of cyclic esters (lactones) is 1. The summed E-state index contributed by atoms with van der Waals surface area (Å²) in [6.07, 6.45) is 0. The average molecular weight is 364 g/mol. The second-order valence-corrected chi connectivity index (χ2v) is 7.06. The zero-order valence-electron chi connectivity index (χ0n) is 15.1. The Morgan fingerprint density at radius 2 is 1.74 bits per heavy atom. The molecule has 4 rings (SSSR count). The van der Waals surface area contributed by atoms with Gasteiger partial charge in [-0.2, -0.15) is 0 Å². The maximum absolute atomic E-state index is 12.7. The number of rotatable bonds is 3. The fourth-order valence-electron chi connectivity index (χ4n) is 3.57. The van der Waals surface area contributed by atoms with Gasteiger partial charge in [0.1, 0.15) is 11.4 Å². The smallest absolute Gasteiger partial charge is 0.347 e. The third kappa shape index (κ3) is 2.93. The van der Waals surface area contributed by atoms with E-state index in [1.165, 1.54) is 0 Å². The lowest BCUT2D eigenvalue weighted by Crippen LogP contribution is -2.41. The van der Waals surface area contributed by atoms with Gasteiger partial charge in [0.2, 0.25) is 0 Å². The fraction of sp³-hybridized carbons (Fsp3) is 0.238. The predicted octanol–water partition coefficient (Wildman–Crippen LogP) is 3.65. The van der Waals surface area contributed by atoms with Gasteiger partial charge in [0.25, 0.3) is 11.7 Å². The van der Waals surface area contributed by atoms with Crippen LogP contribution in [0.4, 0.5) is 0 Å². The summed E-state index contributed by atoms with van der Waals surface area (Å²) in [6.45, 7) is 3.53. The van der Waals surface area contributed by atoms with Crippen LogP contribution in [0.5, 0.6) is 0 Å². The molecule has 0 spiro atoms. The highest BCUT2D eigenvalue weighted by molar-refractivity contribution is 6.04. The topological polar surface area (TPSA) is 82.9 Å². The maximum Gasteiger partial charge on any atom is 0.347 e. The summed E-state index contributed by atoms with van der Waals surface area (Å²) in [6, 6.07) is 16.4. The SMILES string of the molecule is CC1(C)OC(=O)C(C2c3ccccc3C(=N)N2Cc2ccccc2)=C(O)O1. The lowest BCUT2D eigenvalue weighted by molar-refractivity contribution is -0.223. The highest BCUT2D eigenvalue weighted by Crippen LogP contribution is 2.43. The highest BCUT2D eigenvalue weighted by Gasteiger charge is 2.46. The molecule has 0 saturated heterocycles. The number of aliphatic hydroxyl groups is 1. The van der Waals surface area contributed by atoms with Crippen molar-refractivity contribution in [1.82, 2.24) is 4.90 Å². The number of ether oxygens (including phenoxy) is 2. The minimum atomic E-state index is -1.24. The minimum Gasteiger partial charge on any atom is -0.480 e. The molecule has 0 aromatic heterocycles. The Kier molecular flexibility index (Phi) is 3.91. The van der Waals surface area contributed by atoms with Crippen molar-refractivity contribution in [3.63, 3.8) is 0 Å². The van der Waals surface area contributed by atoms with Crippen LogP contribution in [0.15, 0.2) is 66.1 Å². The number of hydrogen-bond donors (Lipinski definition) is 2. The molecule has 0 saturated carbocycles. The second kappa shape index (κ2) is 6.16. The number of carbonyl (C=O) groups is 1. The number of benzene rings is 2. The van der Waals surface area contributed by atoms with Crippen molar-refractivity contribution in [2.24, 2.45) is 0 Å². The van der Waals surface area contributed by atoms with Crippen LogP contribution in [0.3, 0.4) is 0 Å². The van der Waals surface area contributed by atoms with Crippen molar-refractivity contribution in [3.8, 4) is 0 Å². The monoisotopic (exact) mass is 364 g/mol. The van der Waals surface area contributed by atoms with E-state index in [0.29, 0.717) is 6.54 Å². The molecule has 1 unspecified atom stereocenters. The first-order valence-corrected chi connectivity index (χ1v) is 8.71. The first kappa shape index (κ1) is 17.1. The molecule has 0 radical (unpaired) electrons. The Hall–Kier alpha value is -3.28. The second-order valence-electron chi connectivity index (χ2n) is 7.06. The van der Waals surface area contributed by atoms with Crippen molar-refractivity contribution >= 4 is 11.8 Å². The van der Waals surface area contributed by atoms with Crippen LogP contribution in [0.2, 0.25) is 0 Å². The summed E-state index contributed by atoms with van der Waals surface area (Å²) in [5.41, 5.74) is 2.49. The van der Waals surface area contributed by atoms with Crippen LogP contribution < -0.4 is 0 Å². The first-order chi connectivity index (χ1) is 12.9. The third-order valence-electron chi connectivity index (χ3n) is 4.71. The van der Waals surface area contributed by atoms with Gasteiger partial charge in [0, 0.05) is 26.0 Å². The van der Waals surface area contributed by atoms with Crippen molar-refractivity contribution < 1.29 is 19.4 Å². The maximum atomic E-state index is 12.7. The molecule has 0 amide bonds. The number of fused-ring (bicyclic) bond motifs is 1. The van der Waals surface area contributed by atoms with E-state index in [1.807, 2.05) is 54.6 Å². The Labute approximate surface area is 157 Å². The molecular weight excluding hydrogens is 344 g/mol. The molecule has 138 valence electrons. The molecule has 2 N–H and O–H groups in total. The van der Waals surface area contributed by atoms with Crippen LogP contribution in [-0.4, -0.2) is 27.6 Å². The van der Waals surface area contributed by atoms with E-state index in [0.717, 1.165) is 16.7 Å². The molecule has 6 heteroatoms. The van der Waals surface area contributed by atoms with Gasteiger partial charge in [-0.15, -0.1) is 0 Å². The van der Waals surface area contributed by atoms with Gasteiger partial charge in [-0.3, -0.25) is 5.41 Å². The molecule has 1 atom stereocenters. The third-order valence-corrected chi connectivity index (χ3v) is 4.71. The van der Waals surface area contributed by atoms with E-state index in [1.54, 1.807) is 18.7 Å². The predicted molar refractivity (Wildman–Crippen MR) is 98.9 cm³/mol. The number of nitrogens with zero attached hydrogens (tertiary/aromatic N) is 1. The minimum absolute atomic E-state index is 0.0138. The molecule has 0 bridgehead atoms. The first-order valence-electron chi connectivity index (χ1n) is 8.71. The van der Waals surface area contributed by atoms with Crippen molar-refractivity contribution in [3.05, 3.63) is 82.8 Å². The number of hydrogen-bond acceptors (Lipinski definition) is 5. The molecule has 27 heavy (non-hydrogen) atoms. The van der Waals surface area contributed by atoms with Gasteiger partial charge in [0.05, 0.1) is 6.04 Å². The van der Waals surface area contributed by atoms with Crippen molar-refractivity contribution in [2.75, 3.05) is 0 Å². The van der Waals surface area contributed by atoms with E-state index in [2.05, 4.69) is 0 Å². The van der Waals surface area contributed by atoms with Gasteiger partial charge in [-0.05, 0) is 11.1 Å². The van der Waals surface area contributed by atoms with Gasteiger partial charge in [-0.1, -0.05) is 54.6 Å². The number of esters is 1. The van der Waals surface area contributed by atoms with Crippen LogP contribution in [0, 0.1) is 5.41 Å². The molecule has 2 aromatic rings. The highest BCUT2D eigenvalue weighted by atomic mass is 16.8. The molecule has 2 heterocycles. The molecule has 2 aromatic carbocycles. The van der Waals surface area contributed by atoms with Gasteiger partial charge < -0.3 is 19.5 Å². The fourth-order valence-corrected chi connectivity index (χ4v) is 3.57. The van der Waals surface area contributed by atoms with E-state index in [4.69, 9.17) is 14.9 Å². The van der Waals surface area contributed by atoms with Gasteiger partial charge >= 0.3 is 5.97 Å². The number of aliphatic hydroxyl groups excluding tert-OH is 1. The Morgan fingerprint density at radius 3 is 2.44 bits per heavy atom. The van der Waals surface area contributed by atoms with Crippen molar-refractivity contribution in [1.29, 1.82) is 5.41 Å². The lowest BCUT2D eigenvalue weighted by Gasteiger charge is -2.35. The zero-order chi connectivity index (χ0) is 19.2. The summed E-state index contributed by atoms with van der Waals surface area (Å²) in [5, 5.41) is 19.1.